The summed E-state index contributed by atoms with van der Waals surface area (Å²) in [5, 5.41) is 14.5. The third kappa shape index (κ3) is 5.77. The first-order valence-corrected chi connectivity index (χ1v) is 11.6. The minimum absolute atomic E-state index is 0.0671. The first-order valence-electron chi connectivity index (χ1n) is 11.6. The molecule has 6 nitrogen and oxygen atoms in total. The topological polar surface area (TPSA) is 75.5 Å². The highest BCUT2D eigenvalue weighted by molar-refractivity contribution is 5.99. The zero-order valence-corrected chi connectivity index (χ0v) is 19.2. The fourth-order valence-electron chi connectivity index (χ4n) is 4.29. The second-order valence-corrected chi connectivity index (χ2v) is 8.62. The number of nitro groups is 1. The van der Waals surface area contributed by atoms with Crippen LogP contribution in [0, 0.1) is 10.1 Å². The molecule has 1 N–H and O–H groups in total. The van der Waals surface area contributed by atoms with Gasteiger partial charge >= 0.3 is 0 Å². The van der Waals surface area contributed by atoms with Crippen LogP contribution in [0.25, 0.3) is 17.2 Å². The second-order valence-electron chi connectivity index (χ2n) is 8.62. The van der Waals surface area contributed by atoms with Crippen molar-refractivity contribution in [3.05, 3.63) is 106 Å². The van der Waals surface area contributed by atoms with Gasteiger partial charge in [-0.2, -0.15) is 0 Å². The van der Waals surface area contributed by atoms with Crippen LogP contribution in [0.1, 0.15) is 39.9 Å². The van der Waals surface area contributed by atoms with Crippen LogP contribution in [-0.2, 0) is 13.0 Å². The normalized spacial score (nSPS) is 13.5. The summed E-state index contributed by atoms with van der Waals surface area (Å²) in [5.41, 5.74) is 4.78. The Morgan fingerprint density at radius 2 is 1.62 bits per heavy atom. The van der Waals surface area contributed by atoms with Crippen LogP contribution >= 0.6 is 0 Å². The van der Waals surface area contributed by atoms with Crippen molar-refractivity contribution < 1.29 is 9.72 Å². The molecule has 174 valence electrons. The highest BCUT2D eigenvalue weighted by atomic mass is 16.6. The molecule has 0 atom stereocenters. The van der Waals surface area contributed by atoms with Gasteiger partial charge in [0.25, 0.3) is 11.6 Å². The molecular formula is C28H29N3O3. The van der Waals surface area contributed by atoms with Gasteiger partial charge in [0, 0.05) is 19.2 Å². The minimum atomic E-state index is -0.504. The molecule has 1 saturated heterocycles. The number of carbonyl (C=O) groups is 1. The van der Waals surface area contributed by atoms with E-state index in [-0.39, 0.29) is 11.3 Å². The molecule has 34 heavy (non-hydrogen) atoms. The molecule has 1 aliphatic rings. The summed E-state index contributed by atoms with van der Waals surface area (Å²) in [6.45, 7) is 7.46. The Hall–Kier alpha value is -3.77. The standard InChI is InChI=1S/C28H29N3O3/c1-2-21-9-11-24(12-10-21)25-13-14-26(27(19-25)31(33)34)28(32)29-16-15-22-5-7-23(8-6-22)20-30-17-3-4-18-30/h2,5-14,19H,1,3-4,15-18,20H2,(H,29,32). The Morgan fingerprint density at radius 1 is 0.971 bits per heavy atom. The molecule has 0 radical (unpaired) electrons. The molecule has 0 aromatic heterocycles. The fraction of sp³-hybridized carbons (Fsp3) is 0.250. The van der Waals surface area contributed by atoms with Gasteiger partial charge in [0.2, 0.25) is 0 Å². The van der Waals surface area contributed by atoms with Gasteiger partial charge in [0.15, 0.2) is 0 Å². The minimum Gasteiger partial charge on any atom is -0.351 e. The van der Waals surface area contributed by atoms with Crippen molar-refractivity contribution in [1.82, 2.24) is 10.2 Å². The Bertz CT molecular complexity index is 1160. The molecule has 3 aromatic rings. The Labute approximate surface area is 200 Å². The molecule has 0 unspecified atom stereocenters. The van der Waals surface area contributed by atoms with Crippen LogP contribution in [0.4, 0.5) is 5.69 Å². The highest BCUT2D eigenvalue weighted by Crippen LogP contribution is 2.28. The van der Waals surface area contributed by atoms with E-state index in [1.165, 1.54) is 43.6 Å². The summed E-state index contributed by atoms with van der Waals surface area (Å²) < 4.78 is 0. The van der Waals surface area contributed by atoms with E-state index in [0.29, 0.717) is 18.5 Å². The number of rotatable bonds is 9. The quantitative estimate of drug-likeness (QED) is 0.343. The Balaban J connectivity index is 1.37. The van der Waals surface area contributed by atoms with Crippen molar-refractivity contribution >= 4 is 17.7 Å². The highest BCUT2D eigenvalue weighted by Gasteiger charge is 2.21. The van der Waals surface area contributed by atoms with Gasteiger partial charge in [0.1, 0.15) is 5.56 Å². The van der Waals surface area contributed by atoms with Gasteiger partial charge in [-0.25, -0.2) is 0 Å². The number of amides is 1. The monoisotopic (exact) mass is 455 g/mol. The SMILES string of the molecule is C=Cc1ccc(-c2ccc(C(=O)NCCc3ccc(CN4CCCC4)cc3)c([N+](=O)[O-])c2)cc1. The van der Waals surface area contributed by atoms with Crippen LogP contribution in [-0.4, -0.2) is 35.4 Å². The molecule has 0 spiro atoms. The van der Waals surface area contributed by atoms with Crippen LogP contribution in [0.5, 0.6) is 0 Å². The molecular weight excluding hydrogens is 426 g/mol. The first-order chi connectivity index (χ1) is 16.5. The maximum Gasteiger partial charge on any atom is 0.282 e. The van der Waals surface area contributed by atoms with Crippen molar-refractivity contribution in [3.8, 4) is 11.1 Å². The lowest BCUT2D eigenvalue weighted by Gasteiger charge is -2.14. The molecule has 1 heterocycles. The molecule has 1 amide bonds. The largest absolute Gasteiger partial charge is 0.351 e. The average molecular weight is 456 g/mol. The van der Waals surface area contributed by atoms with Crippen molar-refractivity contribution in [2.24, 2.45) is 0 Å². The van der Waals surface area contributed by atoms with E-state index >= 15 is 0 Å². The van der Waals surface area contributed by atoms with Gasteiger partial charge in [-0.1, -0.05) is 67.3 Å². The Kier molecular flexibility index (Phi) is 7.50. The molecule has 1 aliphatic heterocycles. The van der Waals surface area contributed by atoms with Crippen molar-refractivity contribution in [3.63, 3.8) is 0 Å². The van der Waals surface area contributed by atoms with Gasteiger partial charge in [0.05, 0.1) is 4.92 Å². The third-order valence-corrected chi connectivity index (χ3v) is 6.25. The fourth-order valence-corrected chi connectivity index (χ4v) is 4.29. The molecule has 0 bridgehead atoms. The van der Waals surface area contributed by atoms with E-state index in [9.17, 15) is 14.9 Å². The number of nitro benzene ring substituents is 1. The van der Waals surface area contributed by atoms with Gasteiger partial charge in [-0.15, -0.1) is 0 Å². The van der Waals surface area contributed by atoms with Crippen LogP contribution in [0.3, 0.4) is 0 Å². The zero-order valence-electron chi connectivity index (χ0n) is 19.2. The maximum absolute atomic E-state index is 12.7. The Morgan fingerprint density at radius 3 is 2.26 bits per heavy atom. The summed E-state index contributed by atoms with van der Waals surface area (Å²) in [5.74, 6) is -0.439. The third-order valence-electron chi connectivity index (χ3n) is 6.25. The first kappa shape index (κ1) is 23.4. The van der Waals surface area contributed by atoms with Gasteiger partial charge < -0.3 is 5.32 Å². The van der Waals surface area contributed by atoms with Gasteiger partial charge in [-0.05, 0) is 66.2 Å². The lowest BCUT2D eigenvalue weighted by molar-refractivity contribution is -0.385. The van der Waals surface area contributed by atoms with Gasteiger partial charge in [-0.3, -0.25) is 19.8 Å². The summed E-state index contributed by atoms with van der Waals surface area (Å²) in [4.78, 5) is 26.3. The second kappa shape index (κ2) is 10.9. The summed E-state index contributed by atoms with van der Waals surface area (Å²) in [6.07, 6.45) is 4.96. The van der Waals surface area contributed by atoms with E-state index < -0.39 is 10.8 Å². The number of nitrogens with one attached hydrogen (secondary N) is 1. The van der Waals surface area contributed by atoms with E-state index in [1.54, 1.807) is 12.1 Å². The number of likely N-dealkylation sites (tertiary alicyclic amines) is 1. The zero-order chi connectivity index (χ0) is 23.9. The van der Waals surface area contributed by atoms with E-state index in [1.807, 2.05) is 24.3 Å². The number of nitrogens with zero attached hydrogens (tertiary/aromatic N) is 2. The van der Waals surface area contributed by atoms with Crippen molar-refractivity contribution in [2.45, 2.75) is 25.8 Å². The maximum atomic E-state index is 12.7. The predicted octanol–water partition coefficient (Wildman–Crippen LogP) is 5.47. The summed E-state index contributed by atoms with van der Waals surface area (Å²) >= 11 is 0. The van der Waals surface area contributed by atoms with Crippen LogP contribution in [0.2, 0.25) is 0 Å². The lowest BCUT2D eigenvalue weighted by atomic mass is 10.0. The van der Waals surface area contributed by atoms with Crippen LogP contribution < -0.4 is 5.32 Å². The van der Waals surface area contributed by atoms with Crippen LogP contribution in [0.15, 0.2) is 73.3 Å². The number of benzene rings is 3. The summed E-state index contributed by atoms with van der Waals surface area (Å²) in [7, 11) is 0. The number of hydrogen-bond acceptors (Lipinski definition) is 4. The molecule has 3 aromatic carbocycles. The molecule has 0 aliphatic carbocycles. The molecule has 0 saturated carbocycles. The van der Waals surface area contributed by atoms with Crippen molar-refractivity contribution in [2.75, 3.05) is 19.6 Å². The lowest BCUT2D eigenvalue weighted by Crippen LogP contribution is -2.26. The van der Waals surface area contributed by atoms with Crippen molar-refractivity contribution in [1.29, 1.82) is 0 Å². The average Bonchev–Trinajstić information content (AvgIpc) is 3.38. The molecule has 1 fully saturated rings. The number of carbonyl (C=O) groups excluding carboxylic acids is 1. The molecule has 4 rings (SSSR count). The predicted molar refractivity (Wildman–Crippen MR) is 136 cm³/mol. The smallest absolute Gasteiger partial charge is 0.282 e. The molecule has 6 heteroatoms. The summed E-state index contributed by atoms with van der Waals surface area (Å²) in [6, 6.07) is 20.7. The van der Waals surface area contributed by atoms with E-state index in [4.69, 9.17) is 0 Å². The van der Waals surface area contributed by atoms with E-state index in [2.05, 4.69) is 41.1 Å². The number of hydrogen-bond donors (Lipinski definition) is 1. The van der Waals surface area contributed by atoms with E-state index in [0.717, 1.165) is 23.2 Å².